The van der Waals surface area contributed by atoms with E-state index < -0.39 is 5.97 Å². The zero-order valence-electron chi connectivity index (χ0n) is 15.8. The second kappa shape index (κ2) is 8.11. The minimum atomic E-state index is -0.709. The first-order chi connectivity index (χ1) is 12.4. The van der Waals surface area contributed by atoms with Crippen molar-refractivity contribution in [1.82, 2.24) is 10.2 Å². The Kier molecular flexibility index (Phi) is 5.84. The Bertz CT molecular complexity index is 629. The molecule has 0 unspecified atom stereocenters. The average molecular weight is 358 g/mol. The number of nitrogens with zero attached hydrogens (tertiary/aromatic N) is 1. The molecule has 0 saturated heterocycles. The van der Waals surface area contributed by atoms with Crippen LogP contribution in [-0.4, -0.2) is 34.1 Å². The summed E-state index contributed by atoms with van der Waals surface area (Å²) in [7, 11) is 0. The van der Waals surface area contributed by atoms with Crippen LogP contribution >= 0.6 is 0 Å². The number of carboxylic acids is 1. The van der Waals surface area contributed by atoms with Gasteiger partial charge in [0.1, 0.15) is 0 Å². The van der Waals surface area contributed by atoms with Crippen LogP contribution in [0.25, 0.3) is 0 Å². The molecule has 1 aromatic rings. The van der Waals surface area contributed by atoms with Crippen LogP contribution in [0, 0.1) is 5.92 Å². The lowest BCUT2D eigenvalue weighted by Crippen LogP contribution is -2.47. The van der Waals surface area contributed by atoms with Crippen molar-refractivity contribution in [3.8, 4) is 0 Å². The number of hydrogen-bond donors (Lipinski definition) is 2. The van der Waals surface area contributed by atoms with Gasteiger partial charge in [-0.05, 0) is 55.6 Å². The lowest BCUT2D eigenvalue weighted by molar-refractivity contribution is -0.142. The summed E-state index contributed by atoms with van der Waals surface area (Å²) in [5.41, 5.74) is 2.47. The SMILES string of the molecule is CC(C)c1ccc(CN(C(=O)NC2CCC(C(=O)O)CC2)C2CC2)cc1. The summed E-state index contributed by atoms with van der Waals surface area (Å²) < 4.78 is 0. The van der Waals surface area contributed by atoms with Crippen molar-refractivity contribution in [2.75, 3.05) is 0 Å². The zero-order chi connectivity index (χ0) is 18.7. The Balaban J connectivity index is 1.56. The second-order valence-corrected chi connectivity index (χ2v) is 8.09. The molecule has 2 fully saturated rings. The molecule has 0 aliphatic heterocycles. The van der Waals surface area contributed by atoms with Crippen molar-refractivity contribution in [3.63, 3.8) is 0 Å². The summed E-state index contributed by atoms with van der Waals surface area (Å²) in [6, 6.07) is 8.98. The summed E-state index contributed by atoms with van der Waals surface area (Å²) >= 11 is 0. The molecule has 0 aromatic heterocycles. The topological polar surface area (TPSA) is 69.6 Å². The van der Waals surface area contributed by atoms with E-state index in [4.69, 9.17) is 5.11 Å². The molecular formula is C21H30N2O3. The Morgan fingerprint density at radius 1 is 1.08 bits per heavy atom. The average Bonchev–Trinajstić information content (AvgIpc) is 3.45. The molecule has 0 bridgehead atoms. The highest BCUT2D eigenvalue weighted by Crippen LogP contribution is 2.30. The molecule has 5 heteroatoms. The van der Waals surface area contributed by atoms with Gasteiger partial charge in [0.15, 0.2) is 0 Å². The summed E-state index contributed by atoms with van der Waals surface area (Å²) in [6.45, 7) is 5.00. The van der Waals surface area contributed by atoms with Gasteiger partial charge >= 0.3 is 12.0 Å². The summed E-state index contributed by atoms with van der Waals surface area (Å²) in [5.74, 6) is -0.450. The molecule has 0 spiro atoms. The molecule has 3 rings (SSSR count). The van der Waals surface area contributed by atoms with Gasteiger partial charge in [-0.25, -0.2) is 4.79 Å². The molecule has 1 aromatic carbocycles. The molecule has 2 saturated carbocycles. The number of carboxylic acid groups (broad SMARTS) is 1. The van der Waals surface area contributed by atoms with E-state index in [2.05, 4.69) is 43.4 Å². The Labute approximate surface area is 155 Å². The molecule has 2 N–H and O–H groups in total. The first-order valence-corrected chi connectivity index (χ1v) is 9.83. The maximum absolute atomic E-state index is 12.8. The molecule has 2 aliphatic carbocycles. The van der Waals surface area contributed by atoms with Crippen LogP contribution in [0.15, 0.2) is 24.3 Å². The first kappa shape index (κ1) is 18.7. The van der Waals surface area contributed by atoms with Crippen molar-refractivity contribution in [2.45, 2.75) is 76.9 Å². The van der Waals surface area contributed by atoms with E-state index >= 15 is 0 Å². The van der Waals surface area contributed by atoms with Gasteiger partial charge in [0, 0.05) is 18.6 Å². The van der Waals surface area contributed by atoms with Crippen LogP contribution in [0.2, 0.25) is 0 Å². The van der Waals surface area contributed by atoms with E-state index in [0.29, 0.717) is 31.3 Å². The standard InChI is InChI=1S/C21H30N2O3/c1-14(2)16-5-3-15(4-6-16)13-23(19-11-12-19)21(26)22-18-9-7-17(8-10-18)20(24)25/h3-6,14,17-19H,7-13H2,1-2H3,(H,22,26)(H,24,25). The maximum Gasteiger partial charge on any atom is 0.318 e. The molecular weight excluding hydrogens is 328 g/mol. The number of hydrogen-bond acceptors (Lipinski definition) is 2. The zero-order valence-corrected chi connectivity index (χ0v) is 15.8. The van der Waals surface area contributed by atoms with Gasteiger partial charge in [-0.3, -0.25) is 4.79 Å². The molecule has 5 nitrogen and oxygen atoms in total. The van der Waals surface area contributed by atoms with E-state index in [1.54, 1.807) is 0 Å². The highest BCUT2D eigenvalue weighted by molar-refractivity contribution is 5.75. The molecule has 2 amide bonds. The van der Waals surface area contributed by atoms with Crippen LogP contribution in [0.1, 0.15) is 69.4 Å². The Morgan fingerprint density at radius 2 is 1.69 bits per heavy atom. The monoisotopic (exact) mass is 358 g/mol. The van der Waals surface area contributed by atoms with E-state index in [0.717, 1.165) is 31.2 Å². The molecule has 2 aliphatic rings. The normalized spacial score (nSPS) is 22.9. The van der Waals surface area contributed by atoms with E-state index in [1.807, 2.05) is 4.90 Å². The van der Waals surface area contributed by atoms with Gasteiger partial charge < -0.3 is 15.3 Å². The van der Waals surface area contributed by atoms with Gasteiger partial charge in [0.25, 0.3) is 0 Å². The highest BCUT2D eigenvalue weighted by Gasteiger charge is 2.34. The first-order valence-electron chi connectivity index (χ1n) is 9.83. The second-order valence-electron chi connectivity index (χ2n) is 8.09. The van der Waals surface area contributed by atoms with Crippen molar-refractivity contribution < 1.29 is 14.7 Å². The number of nitrogens with one attached hydrogen (secondary N) is 1. The largest absolute Gasteiger partial charge is 0.481 e. The Hall–Kier alpha value is -2.04. The third kappa shape index (κ3) is 4.77. The molecule has 0 heterocycles. The van der Waals surface area contributed by atoms with E-state index in [1.165, 1.54) is 5.56 Å². The lowest BCUT2D eigenvalue weighted by atomic mass is 9.86. The number of benzene rings is 1. The Morgan fingerprint density at radius 3 is 2.19 bits per heavy atom. The quantitative estimate of drug-likeness (QED) is 0.803. The van der Waals surface area contributed by atoms with Crippen molar-refractivity contribution >= 4 is 12.0 Å². The number of rotatable bonds is 6. The molecule has 0 atom stereocenters. The third-order valence-corrected chi connectivity index (χ3v) is 5.65. The van der Waals surface area contributed by atoms with Crippen LogP contribution in [0.4, 0.5) is 4.79 Å². The fourth-order valence-electron chi connectivity index (χ4n) is 3.70. The number of aliphatic carboxylic acids is 1. The van der Waals surface area contributed by atoms with Crippen LogP contribution in [-0.2, 0) is 11.3 Å². The van der Waals surface area contributed by atoms with Crippen LogP contribution in [0.3, 0.4) is 0 Å². The van der Waals surface area contributed by atoms with E-state index in [9.17, 15) is 9.59 Å². The summed E-state index contributed by atoms with van der Waals surface area (Å²) in [4.78, 5) is 25.8. The minimum Gasteiger partial charge on any atom is -0.481 e. The van der Waals surface area contributed by atoms with Crippen molar-refractivity contribution in [1.29, 1.82) is 0 Å². The van der Waals surface area contributed by atoms with E-state index in [-0.39, 0.29) is 18.0 Å². The van der Waals surface area contributed by atoms with Gasteiger partial charge in [-0.1, -0.05) is 38.1 Å². The lowest BCUT2D eigenvalue weighted by Gasteiger charge is -2.30. The number of amides is 2. The number of carbonyl (C=O) groups excluding carboxylic acids is 1. The van der Waals surface area contributed by atoms with Crippen LogP contribution in [0.5, 0.6) is 0 Å². The van der Waals surface area contributed by atoms with Gasteiger partial charge in [0.05, 0.1) is 5.92 Å². The molecule has 0 radical (unpaired) electrons. The summed E-state index contributed by atoms with van der Waals surface area (Å²) in [5, 5.41) is 12.2. The number of carbonyl (C=O) groups is 2. The predicted molar refractivity (Wildman–Crippen MR) is 101 cm³/mol. The smallest absolute Gasteiger partial charge is 0.318 e. The highest BCUT2D eigenvalue weighted by atomic mass is 16.4. The van der Waals surface area contributed by atoms with Crippen molar-refractivity contribution in [3.05, 3.63) is 35.4 Å². The summed E-state index contributed by atoms with van der Waals surface area (Å²) in [6.07, 6.45) is 4.96. The fraction of sp³-hybridized carbons (Fsp3) is 0.619. The minimum absolute atomic E-state index is 0.000730. The molecule has 142 valence electrons. The van der Waals surface area contributed by atoms with Crippen LogP contribution < -0.4 is 5.32 Å². The third-order valence-electron chi connectivity index (χ3n) is 5.65. The maximum atomic E-state index is 12.8. The van der Waals surface area contributed by atoms with Gasteiger partial charge in [-0.15, -0.1) is 0 Å². The fourth-order valence-corrected chi connectivity index (χ4v) is 3.70. The number of urea groups is 1. The van der Waals surface area contributed by atoms with Crippen molar-refractivity contribution in [2.24, 2.45) is 5.92 Å². The molecule has 26 heavy (non-hydrogen) atoms. The van der Waals surface area contributed by atoms with Gasteiger partial charge in [-0.2, -0.15) is 0 Å². The van der Waals surface area contributed by atoms with Gasteiger partial charge in [0.2, 0.25) is 0 Å². The predicted octanol–water partition coefficient (Wildman–Crippen LogP) is 4.13.